The number of benzene rings is 1. The van der Waals surface area contributed by atoms with Crippen LogP contribution in [0.25, 0.3) is 22.6 Å². The first kappa shape index (κ1) is 25.0. The van der Waals surface area contributed by atoms with Crippen LogP contribution >= 0.6 is 7.60 Å². The van der Waals surface area contributed by atoms with Gasteiger partial charge in [-0.3, -0.25) is 14.3 Å². The minimum Gasteiger partial charge on any atom is -0.388 e. The van der Waals surface area contributed by atoms with Crippen LogP contribution in [-0.2, 0) is 15.6 Å². The van der Waals surface area contributed by atoms with Crippen LogP contribution in [0.2, 0.25) is 0 Å². The number of hydrogen-bond donors (Lipinski definition) is 5. The number of fused-ring (bicyclic) bond motifs is 2. The lowest BCUT2D eigenvalue weighted by Gasteiger charge is -2.26. The maximum atomic E-state index is 12.4. The Hall–Kier alpha value is -2.67. The molecular weight excluding hydrogens is 457 g/mol. The first-order valence-corrected chi connectivity index (χ1v) is 11.9. The van der Waals surface area contributed by atoms with Gasteiger partial charge in [-0.1, -0.05) is 0 Å². The van der Waals surface area contributed by atoms with Crippen molar-refractivity contribution in [3.05, 3.63) is 38.5 Å². The summed E-state index contributed by atoms with van der Waals surface area (Å²) in [5, 5.41) is 31.0. The average Bonchev–Trinajstić information content (AvgIpc) is 2.70. The summed E-state index contributed by atoms with van der Waals surface area (Å²) in [5.41, 5.74) is 0.644. The molecule has 1 aromatic carbocycles. The third-order valence-corrected chi connectivity index (χ3v) is 5.68. The largest absolute Gasteiger partial charge is 0.388 e. The summed E-state index contributed by atoms with van der Waals surface area (Å²) in [4.78, 5) is 45.5. The van der Waals surface area contributed by atoms with Crippen LogP contribution in [0, 0.1) is 6.92 Å². The molecule has 180 valence electrons. The molecule has 33 heavy (non-hydrogen) atoms. The van der Waals surface area contributed by atoms with Crippen molar-refractivity contribution in [2.75, 3.05) is 32.3 Å². The lowest BCUT2D eigenvalue weighted by molar-refractivity contribution is -0.0776. The second-order valence-electron chi connectivity index (χ2n) is 8.01. The molecule has 2 aliphatic rings. The molecular formula is C19H26N5O8P. The summed E-state index contributed by atoms with van der Waals surface area (Å²) in [5.74, 6) is -0.116. The topological polar surface area (TPSA) is 191 Å². The molecule has 5 N–H and O–H groups in total. The number of aromatic nitrogens is 4. The molecule has 3 rings (SSSR count). The zero-order valence-electron chi connectivity index (χ0n) is 18.5. The van der Waals surface area contributed by atoms with Crippen LogP contribution in [-0.4, -0.2) is 85.4 Å². The van der Waals surface area contributed by atoms with Crippen molar-refractivity contribution in [1.82, 2.24) is 19.5 Å². The van der Waals surface area contributed by atoms with Gasteiger partial charge < -0.3 is 34.2 Å². The highest BCUT2D eigenvalue weighted by atomic mass is 31.2. The second kappa shape index (κ2) is 9.29. The summed E-state index contributed by atoms with van der Waals surface area (Å²) in [6.07, 6.45) is -5.10. The lowest BCUT2D eigenvalue weighted by atomic mass is 10.1. The van der Waals surface area contributed by atoms with Gasteiger partial charge >= 0.3 is 13.3 Å². The van der Waals surface area contributed by atoms with E-state index in [-0.39, 0.29) is 18.1 Å². The van der Waals surface area contributed by atoms with E-state index in [9.17, 15) is 34.4 Å². The number of rotatable bonds is 8. The highest BCUT2D eigenvalue weighted by molar-refractivity contribution is 7.51. The molecule has 4 atom stereocenters. The first-order chi connectivity index (χ1) is 15.3. The van der Waals surface area contributed by atoms with Crippen molar-refractivity contribution >= 4 is 24.3 Å². The van der Waals surface area contributed by atoms with E-state index in [0.29, 0.717) is 11.0 Å². The van der Waals surface area contributed by atoms with Gasteiger partial charge in [-0.25, -0.2) is 9.78 Å². The van der Waals surface area contributed by atoms with Crippen LogP contribution < -0.4 is 16.1 Å². The summed E-state index contributed by atoms with van der Waals surface area (Å²) in [6.45, 7) is 1.69. The Labute approximate surface area is 187 Å². The first-order valence-electron chi connectivity index (χ1n) is 9.90. The molecule has 14 heteroatoms. The summed E-state index contributed by atoms with van der Waals surface area (Å²) >= 11 is 0. The van der Waals surface area contributed by atoms with Gasteiger partial charge in [0.25, 0.3) is 5.56 Å². The Morgan fingerprint density at radius 1 is 1.18 bits per heavy atom. The molecule has 0 fully saturated rings. The van der Waals surface area contributed by atoms with Gasteiger partial charge in [0.15, 0.2) is 11.5 Å². The van der Waals surface area contributed by atoms with E-state index >= 15 is 0 Å². The Balaban J connectivity index is 2.12. The Morgan fingerprint density at radius 2 is 1.85 bits per heavy atom. The predicted octanol–water partition coefficient (Wildman–Crippen LogP) is -1.13. The summed E-state index contributed by atoms with van der Waals surface area (Å²) in [6, 6.07) is 3.47. The van der Waals surface area contributed by atoms with Gasteiger partial charge in [0, 0.05) is 26.4 Å². The normalized spacial score (nSPS) is 16.5. The van der Waals surface area contributed by atoms with Crippen molar-refractivity contribution in [2.24, 2.45) is 0 Å². The van der Waals surface area contributed by atoms with Gasteiger partial charge in [0.1, 0.15) is 18.3 Å². The van der Waals surface area contributed by atoms with Crippen LogP contribution in [0.15, 0.2) is 21.7 Å². The smallest absolute Gasteiger partial charge is 0.349 e. The lowest BCUT2D eigenvalue weighted by Crippen LogP contribution is -2.42. The molecule has 0 saturated carbocycles. The number of nitrogens with one attached hydrogen (secondary N) is 1. The zero-order chi connectivity index (χ0) is 24.7. The van der Waals surface area contributed by atoms with Crippen molar-refractivity contribution in [3.63, 3.8) is 0 Å². The number of aryl methyl sites for hydroxylation is 1. The van der Waals surface area contributed by atoms with E-state index in [4.69, 9.17) is 0 Å². The van der Waals surface area contributed by atoms with Crippen LogP contribution in [0.5, 0.6) is 0 Å². The maximum absolute atomic E-state index is 12.4. The van der Waals surface area contributed by atoms with Crippen LogP contribution in [0.4, 0.5) is 5.69 Å². The molecule has 0 aromatic heterocycles. The fraction of sp³-hybridized carbons (Fsp3) is 0.474. The Morgan fingerprint density at radius 3 is 2.45 bits per heavy atom. The molecule has 0 bridgehead atoms. The van der Waals surface area contributed by atoms with Gasteiger partial charge in [0.2, 0.25) is 0 Å². The van der Waals surface area contributed by atoms with Gasteiger partial charge in [0.05, 0.1) is 24.2 Å². The molecule has 1 unspecified atom stereocenters. The number of nitrogens with zero attached hydrogens (tertiary/aromatic N) is 4. The fourth-order valence-corrected chi connectivity index (χ4v) is 3.90. The number of anilines is 1. The highest BCUT2D eigenvalue weighted by Gasteiger charge is 2.29. The van der Waals surface area contributed by atoms with E-state index in [1.165, 1.54) is 4.57 Å². The van der Waals surface area contributed by atoms with E-state index in [1.807, 2.05) is 30.9 Å². The van der Waals surface area contributed by atoms with Crippen molar-refractivity contribution in [2.45, 2.75) is 31.8 Å². The third-order valence-electron chi connectivity index (χ3n) is 5.05. The Bertz CT molecular complexity index is 1300. The molecule has 0 radical (unpaired) electrons. The standard InChI is InChI=1S/C19H26N5O8P/c1-9-5-10-12(6-11(9)23(2)3)24(17-15(20-10)18(28)22-19(29)21-17)7-13(25)16(27)14(26)8-32-33(4,30)31/h5-6,13-14,16,25-27H,7-8H2,1-4H3,(H,30,31)(H,22,28,29)/t13-,14+,16-/m0/s1. The van der Waals surface area contributed by atoms with Gasteiger partial charge in [-0.05, 0) is 24.6 Å². The number of H-pyrrole nitrogens is 1. The maximum Gasteiger partial charge on any atom is 0.349 e. The van der Waals surface area contributed by atoms with Gasteiger partial charge in [-0.15, -0.1) is 0 Å². The second-order valence-corrected chi connectivity index (χ2v) is 9.88. The number of hydrogen-bond acceptors (Lipinski definition) is 10. The van der Waals surface area contributed by atoms with Crippen molar-refractivity contribution < 1.29 is 29.3 Å². The summed E-state index contributed by atoms with van der Waals surface area (Å²) < 4.78 is 17.2. The monoisotopic (exact) mass is 483 g/mol. The molecule has 0 aliphatic carbocycles. The third kappa shape index (κ3) is 5.46. The molecule has 1 aromatic rings. The highest BCUT2D eigenvalue weighted by Crippen LogP contribution is 2.36. The quantitative estimate of drug-likeness (QED) is 0.192. The van der Waals surface area contributed by atoms with E-state index < -0.39 is 43.8 Å². The minimum atomic E-state index is -3.91. The van der Waals surface area contributed by atoms with Gasteiger partial charge in [-0.2, -0.15) is 4.98 Å². The van der Waals surface area contributed by atoms with E-state index in [1.54, 1.807) is 12.1 Å². The average molecular weight is 483 g/mol. The van der Waals surface area contributed by atoms with Crippen molar-refractivity contribution in [3.8, 4) is 11.5 Å². The molecule has 0 saturated heterocycles. The number of aromatic amines is 1. The summed E-state index contributed by atoms with van der Waals surface area (Å²) in [7, 11) is -0.251. The van der Waals surface area contributed by atoms with Crippen LogP contribution in [0.3, 0.4) is 0 Å². The Kier molecular flexibility index (Phi) is 7.03. The van der Waals surface area contributed by atoms with E-state index in [2.05, 4.69) is 14.5 Å². The van der Waals surface area contributed by atoms with Crippen LogP contribution in [0.1, 0.15) is 5.56 Å². The molecule has 2 aliphatic heterocycles. The SMILES string of the molecule is Cc1cc2nc3c(=O)[nH]c(=O)nc-3n(C[C@H](O)[C@H](O)[C@H](O)COP(C)(=O)O)c2cc1N(C)C. The molecule has 0 amide bonds. The molecule has 0 spiro atoms. The fourth-order valence-electron chi connectivity index (χ4n) is 3.47. The molecule has 13 nitrogen and oxygen atoms in total. The number of aliphatic hydroxyl groups excluding tert-OH is 3. The minimum absolute atomic E-state index is 0.116. The predicted molar refractivity (Wildman–Crippen MR) is 120 cm³/mol. The molecule has 2 heterocycles. The van der Waals surface area contributed by atoms with Crippen molar-refractivity contribution in [1.29, 1.82) is 0 Å². The number of aliphatic hydroxyl groups is 3. The zero-order valence-corrected chi connectivity index (χ0v) is 19.4. The van der Waals surface area contributed by atoms with E-state index in [0.717, 1.165) is 17.9 Å².